The van der Waals surface area contributed by atoms with Crippen LogP contribution in [0.5, 0.6) is 0 Å². The summed E-state index contributed by atoms with van der Waals surface area (Å²) >= 11 is 0. The molecule has 32 heavy (non-hydrogen) atoms. The number of nitrogens with one attached hydrogen (secondary N) is 1. The molecule has 0 unspecified atom stereocenters. The first-order valence-electron chi connectivity index (χ1n) is 9.73. The number of hydrogen-bond donors (Lipinski definition) is 3. The maximum absolute atomic E-state index is 12.6. The predicted molar refractivity (Wildman–Crippen MR) is 118 cm³/mol. The molecule has 0 saturated carbocycles. The summed E-state index contributed by atoms with van der Waals surface area (Å²) in [5, 5.41) is 20.2. The van der Waals surface area contributed by atoms with Gasteiger partial charge in [0.15, 0.2) is 5.70 Å². The molecule has 0 aliphatic heterocycles. The highest BCUT2D eigenvalue weighted by Gasteiger charge is 2.18. The minimum Gasteiger partial charge on any atom is -0.510 e. The van der Waals surface area contributed by atoms with Crippen LogP contribution in [-0.2, 0) is 14.3 Å². The molecule has 168 valence electrons. The Bertz CT molecular complexity index is 1060. The highest BCUT2D eigenvalue weighted by atomic mass is 16.5. The van der Waals surface area contributed by atoms with Crippen LogP contribution >= 0.6 is 0 Å². The Morgan fingerprint density at radius 3 is 2.22 bits per heavy atom. The van der Waals surface area contributed by atoms with Gasteiger partial charge in [-0.1, -0.05) is 0 Å². The van der Waals surface area contributed by atoms with Crippen molar-refractivity contribution in [2.75, 3.05) is 24.3 Å². The second-order valence-electron chi connectivity index (χ2n) is 6.38. The van der Waals surface area contributed by atoms with Gasteiger partial charge in [0.2, 0.25) is 0 Å². The Hall–Kier alpha value is -4.21. The maximum Gasteiger partial charge on any atom is 0.340 e. The van der Waals surface area contributed by atoms with E-state index in [9.17, 15) is 19.5 Å². The molecule has 0 aliphatic carbocycles. The van der Waals surface area contributed by atoms with Crippen LogP contribution in [0, 0.1) is 0 Å². The molecular weight excluding hydrogens is 416 g/mol. The van der Waals surface area contributed by atoms with Gasteiger partial charge in [-0.25, -0.2) is 9.59 Å². The number of benzene rings is 2. The number of ether oxygens (including phenoxy) is 2. The third-order valence-corrected chi connectivity index (χ3v) is 3.99. The molecule has 0 heterocycles. The Kier molecular flexibility index (Phi) is 8.46. The molecule has 0 fully saturated rings. The number of carbonyl (C=O) groups excluding carboxylic acids is 3. The molecule has 0 aromatic heterocycles. The van der Waals surface area contributed by atoms with E-state index in [4.69, 9.17) is 15.2 Å². The number of anilines is 2. The Morgan fingerprint density at radius 2 is 1.62 bits per heavy atom. The van der Waals surface area contributed by atoms with Crippen molar-refractivity contribution in [2.45, 2.75) is 20.8 Å². The molecule has 0 spiro atoms. The smallest absolute Gasteiger partial charge is 0.340 e. The number of azo groups is 1. The van der Waals surface area contributed by atoms with Gasteiger partial charge in [0, 0.05) is 11.4 Å². The summed E-state index contributed by atoms with van der Waals surface area (Å²) < 4.78 is 9.96. The van der Waals surface area contributed by atoms with Gasteiger partial charge in [-0.15, -0.1) is 10.2 Å². The van der Waals surface area contributed by atoms with E-state index in [2.05, 4.69) is 15.5 Å². The Balaban J connectivity index is 2.39. The second-order valence-corrected chi connectivity index (χ2v) is 6.38. The molecule has 2 rings (SSSR count). The summed E-state index contributed by atoms with van der Waals surface area (Å²) in [5.41, 5.74) is 6.30. The summed E-state index contributed by atoms with van der Waals surface area (Å²) in [6, 6.07) is 10.4. The zero-order chi connectivity index (χ0) is 23.7. The molecule has 0 atom stereocenters. The number of amides is 1. The van der Waals surface area contributed by atoms with Crippen molar-refractivity contribution < 1.29 is 29.0 Å². The van der Waals surface area contributed by atoms with E-state index in [0.29, 0.717) is 11.4 Å². The van der Waals surface area contributed by atoms with Crippen LogP contribution in [0.4, 0.5) is 17.1 Å². The van der Waals surface area contributed by atoms with E-state index in [1.807, 2.05) is 0 Å². The fourth-order valence-corrected chi connectivity index (χ4v) is 2.48. The monoisotopic (exact) mass is 440 g/mol. The van der Waals surface area contributed by atoms with Gasteiger partial charge in [-0.2, -0.15) is 0 Å². The Morgan fingerprint density at radius 1 is 1.00 bits per heavy atom. The summed E-state index contributed by atoms with van der Waals surface area (Å²) in [7, 11) is 0. The highest BCUT2D eigenvalue weighted by molar-refractivity contribution is 6.04. The number of hydrogen-bond acceptors (Lipinski definition) is 9. The lowest BCUT2D eigenvalue weighted by Gasteiger charge is -2.08. The molecule has 2 aromatic carbocycles. The first-order chi connectivity index (χ1) is 15.3. The van der Waals surface area contributed by atoms with Crippen LogP contribution in [-0.4, -0.2) is 36.2 Å². The number of nitrogens with zero attached hydrogens (tertiary/aromatic N) is 2. The van der Waals surface area contributed by atoms with Crippen molar-refractivity contribution in [3.05, 3.63) is 65.0 Å². The lowest BCUT2D eigenvalue weighted by Crippen LogP contribution is -2.14. The number of esters is 2. The van der Waals surface area contributed by atoms with Gasteiger partial charge in [-0.3, -0.25) is 4.79 Å². The van der Waals surface area contributed by atoms with Crippen molar-refractivity contribution in [1.29, 1.82) is 0 Å². The van der Waals surface area contributed by atoms with Gasteiger partial charge in [-0.05, 0) is 63.2 Å². The van der Waals surface area contributed by atoms with Crippen LogP contribution in [0.25, 0.3) is 0 Å². The third-order valence-electron chi connectivity index (χ3n) is 3.99. The minimum absolute atomic E-state index is 0.0255. The van der Waals surface area contributed by atoms with Crippen molar-refractivity contribution >= 4 is 34.9 Å². The summed E-state index contributed by atoms with van der Waals surface area (Å²) in [4.78, 5) is 36.9. The average molecular weight is 440 g/mol. The van der Waals surface area contributed by atoms with Crippen LogP contribution in [0.1, 0.15) is 41.5 Å². The number of nitrogens with two attached hydrogens (primary N) is 1. The van der Waals surface area contributed by atoms with Crippen molar-refractivity contribution in [2.24, 2.45) is 10.2 Å². The highest BCUT2D eigenvalue weighted by Crippen LogP contribution is 2.25. The first kappa shape index (κ1) is 24.1. The van der Waals surface area contributed by atoms with Gasteiger partial charge in [0.1, 0.15) is 11.4 Å². The fraction of sp³-hybridized carbons (Fsp3) is 0.227. The summed E-state index contributed by atoms with van der Waals surface area (Å²) in [6.07, 6.45) is 0. The molecule has 0 aliphatic rings. The normalized spacial score (nSPS) is 11.6. The molecular formula is C22H24N4O6. The molecule has 0 radical (unpaired) electrons. The number of aliphatic hydroxyl groups is 1. The SMILES string of the molecule is CCOC(=O)c1ccc(C(=O)OCC)c(N=NC(C(=O)Nc2ccc(N)cc2)=C(C)O)c1. The molecule has 10 heteroatoms. The third kappa shape index (κ3) is 6.39. The molecule has 0 bridgehead atoms. The summed E-state index contributed by atoms with van der Waals surface area (Å²) in [6.45, 7) is 4.85. The lowest BCUT2D eigenvalue weighted by molar-refractivity contribution is -0.113. The molecule has 4 N–H and O–H groups in total. The van der Waals surface area contributed by atoms with E-state index >= 15 is 0 Å². The van der Waals surface area contributed by atoms with E-state index in [1.54, 1.807) is 38.1 Å². The topological polar surface area (TPSA) is 153 Å². The average Bonchev–Trinajstić information content (AvgIpc) is 2.75. The predicted octanol–water partition coefficient (Wildman–Crippen LogP) is 4.13. The lowest BCUT2D eigenvalue weighted by atomic mass is 10.1. The first-order valence-corrected chi connectivity index (χ1v) is 9.73. The largest absolute Gasteiger partial charge is 0.510 e. The zero-order valence-corrected chi connectivity index (χ0v) is 17.9. The number of rotatable bonds is 8. The van der Waals surface area contributed by atoms with Crippen molar-refractivity contribution in [1.82, 2.24) is 0 Å². The van der Waals surface area contributed by atoms with Crippen molar-refractivity contribution in [3.63, 3.8) is 0 Å². The summed E-state index contributed by atoms with van der Waals surface area (Å²) in [5.74, 6) is -2.44. The standard InChI is InChI=1S/C22H24N4O6/c1-4-31-21(29)14-6-11-17(22(30)32-5-2)18(12-14)25-26-19(13(3)27)20(28)24-16-9-7-15(23)8-10-16/h6-12,27H,4-5,23H2,1-3H3,(H,24,28). The maximum atomic E-state index is 12.6. The number of aliphatic hydroxyl groups excluding tert-OH is 1. The number of allylic oxidation sites excluding steroid dienone is 1. The molecule has 0 saturated heterocycles. The van der Waals surface area contributed by atoms with E-state index in [-0.39, 0.29) is 30.0 Å². The molecule has 2 aromatic rings. The van der Waals surface area contributed by atoms with Gasteiger partial charge in [0.25, 0.3) is 5.91 Å². The van der Waals surface area contributed by atoms with Gasteiger partial charge in [0.05, 0.1) is 24.3 Å². The molecule has 10 nitrogen and oxygen atoms in total. The number of carbonyl (C=O) groups is 3. The van der Waals surface area contributed by atoms with Crippen molar-refractivity contribution in [3.8, 4) is 0 Å². The van der Waals surface area contributed by atoms with Crippen LogP contribution in [0.15, 0.2) is 64.1 Å². The quantitative estimate of drug-likeness (QED) is 0.183. The minimum atomic E-state index is -0.738. The zero-order valence-electron chi connectivity index (χ0n) is 17.9. The second kappa shape index (κ2) is 11.3. The van der Waals surface area contributed by atoms with Crippen LogP contribution < -0.4 is 11.1 Å². The molecule has 1 amide bonds. The fourth-order valence-electron chi connectivity index (χ4n) is 2.48. The van der Waals surface area contributed by atoms with E-state index in [1.165, 1.54) is 25.1 Å². The van der Waals surface area contributed by atoms with E-state index < -0.39 is 29.3 Å². The van der Waals surface area contributed by atoms with E-state index in [0.717, 1.165) is 0 Å². The number of nitrogen functional groups attached to an aromatic ring is 1. The van der Waals surface area contributed by atoms with Gasteiger partial charge >= 0.3 is 11.9 Å². The Labute approximate surface area is 184 Å². The van der Waals surface area contributed by atoms with Gasteiger partial charge < -0.3 is 25.6 Å². The van der Waals surface area contributed by atoms with Crippen LogP contribution in [0.2, 0.25) is 0 Å². The van der Waals surface area contributed by atoms with Crippen LogP contribution in [0.3, 0.4) is 0 Å².